The lowest BCUT2D eigenvalue weighted by Crippen LogP contribution is -2.06. The molecule has 0 spiro atoms. The van der Waals surface area contributed by atoms with Gasteiger partial charge in [0.1, 0.15) is 16.7 Å². The van der Waals surface area contributed by atoms with Gasteiger partial charge in [-0.3, -0.25) is 0 Å². The summed E-state index contributed by atoms with van der Waals surface area (Å²) in [6.07, 6.45) is 1.98. The van der Waals surface area contributed by atoms with Gasteiger partial charge in [-0.25, -0.2) is 9.97 Å². The fourth-order valence-electron chi connectivity index (χ4n) is 1.44. The van der Waals surface area contributed by atoms with Crippen LogP contribution in [0.5, 0.6) is 0 Å². The van der Waals surface area contributed by atoms with Crippen LogP contribution in [0.1, 0.15) is 11.5 Å². The summed E-state index contributed by atoms with van der Waals surface area (Å²) in [6.45, 7) is 3.76. The molecule has 0 atom stereocenters. The Morgan fingerprint density at radius 2 is 2.00 bits per heavy atom. The number of hydrogen-bond donors (Lipinski definition) is 1. The second-order valence-electron chi connectivity index (χ2n) is 3.44. The molecule has 0 aromatic carbocycles. The molecule has 0 unspecified atom stereocenters. The van der Waals surface area contributed by atoms with Gasteiger partial charge in [-0.15, -0.1) is 11.8 Å². The molecule has 0 fully saturated rings. The quantitative estimate of drug-likeness (QED) is 0.632. The molecule has 0 saturated heterocycles. The molecular weight excluding hydrogens is 222 g/mol. The van der Waals surface area contributed by atoms with Crippen molar-refractivity contribution in [1.82, 2.24) is 19.7 Å². The Bertz CT molecular complexity index is 520. The van der Waals surface area contributed by atoms with Crippen molar-refractivity contribution in [2.45, 2.75) is 18.9 Å². The third kappa shape index (κ3) is 2.01. The Morgan fingerprint density at radius 3 is 2.56 bits per heavy atom. The van der Waals surface area contributed by atoms with Crippen LogP contribution in [0, 0.1) is 13.8 Å². The molecule has 2 aromatic heterocycles. The van der Waals surface area contributed by atoms with Gasteiger partial charge >= 0.3 is 0 Å². The Hall–Kier alpha value is -1.56. The Balaban J connectivity index is 2.55. The molecule has 0 bridgehead atoms. The maximum absolute atomic E-state index is 5.85. The predicted octanol–water partition coefficient (Wildman–Crippen LogP) is 1.58. The fraction of sp³-hybridized carbons (Fsp3) is 0.300. The Morgan fingerprint density at radius 1 is 1.25 bits per heavy atom. The number of anilines is 1. The minimum absolute atomic E-state index is 0.586. The standard InChI is InChI=1S/C10H13N5S/c1-6-4-8(11)15(14-6)9-5-10(16-3)13-7(2)12-9/h4-5H,11H2,1-3H3. The van der Waals surface area contributed by atoms with E-state index in [9.17, 15) is 0 Å². The van der Waals surface area contributed by atoms with Gasteiger partial charge < -0.3 is 5.73 Å². The summed E-state index contributed by atoms with van der Waals surface area (Å²) < 4.78 is 1.63. The second kappa shape index (κ2) is 4.13. The molecular formula is C10H13N5S. The SMILES string of the molecule is CSc1cc(-n2nc(C)cc2N)nc(C)n1. The third-order valence-corrected chi connectivity index (χ3v) is 2.71. The molecule has 2 heterocycles. The summed E-state index contributed by atoms with van der Waals surface area (Å²) in [7, 11) is 0. The number of aromatic nitrogens is 4. The van der Waals surface area contributed by atoms with E-state index < -0.39 is 0 Å². The number of hydrogen-bond acceptors (Lipinski definition) is 5. The zero-order valence-corrected chi connectivity index (χ0v) is 10.2. The fourth-order valence-corrected chi connectivity index (χ4v) is 1.89. The first-order chi connectivity index (χ1) is 7.60. The summed E-state index contributed by atoms with van der Waals surface area (Å²) >= 11 is 1.57. The molecule has 6 heteroatoms. The third-order valence-electron chi connectivity index (χ3n) is 2.09. The number of nitrogen functional groups attached to an aromatic ring is 1. The van der Waals surface area contributed by atoms with Gasteiger partial charge in [0.2, 0.25) is 0 Å². The smallest absolute Gasteiger partial charge is 0.160 e. The lowest BCUT2D eigenvalue weighted by molar-refractivity contribution is 0.809. The zero-order valence-electron chi connectivity index (χ0n) is 9.43. The summed E-state index contributed by atoms with van der Waals surface area (Å²) in [4.78, 5) is 8.61. The normalized spacial score (nSPS) is 10.7. The topological polar surface area (TPSA) is 69.6 Å². The highest BCUT2D eigenvalue weighted by Gasteiger charge is 2.08. The summed E-state index contributed by atoms with van der Waals surface area (Å²) in [5, 5.41) is 5.20. The van der Waals surface area contributed by atoms with Crippen LogP contribution in [0.15, 0.2) is 17.2 Å². The van der Waals surface area contributed by atoms with Gasteiger partial charge in [-0.05, 0) is 20.1 Å². The van der Waals surface area contributed by atoms with Crippen LogP contribution in [-0.2, 0) is 0 Å². The van der Waals surface area contributed by atoms with Crippen LogP contribution in [0.25, 0.3) is 5.82 Å². The molecule has 0 saturated carbocycles. The average Bonchev–Trinajstić information content (AvgIpc) is 2.57. The minimum atomic E-state index is 0.586. The van der Waals surface area contributed by atoms with E-state index in [-0.39, 0.29) is 0 Å². The van der Waals surface area contributed by atoms with Crippen molar-refractivity contribution in [3.05, 3.63) is 23.7 Å². The van der Waals surface area contributed by atoms with E-state index >= 15 is 0 Å². The number of aryl methyl sites for hydroxylation is 2. The van der Waals surface area contributed by atoms with E-state index in [1.165, 1.54) is 0 Å². The summed E-state index contributed by atoms with van der Waals surface area (Å²) in [5.41, 5.74) is 6.72. The number of nitrogens with two attached hydrogens (primary N) is 1. The molecule has 2 N–H and O–H groups in total. The van der Waals surface area contributed by atoms with Crippen LogP contribution in [-0.4, -0.2) is 26.0 Å². The largest absolute Gasteiger partial charge is 0.384 e. The monoisotopic (exact) mass is 235 g/mol. The van der Waals surface area contributed by atoms with Gasteiger partial charge in [-0.1, -0.05) is 0 Å². The molecule has 0 amide bonds. The highest BCUT2D eigenvalue weighted by molar-refractivity contribution is 7.98. The van der Waals surface area contributed by atoms with Crippen molar-refractivity contribution >= 4 is 17.6 Å². The van der Waals surface area contributed by atoms with Crippen LogP contribution in [0.2, 0.25) is 0 Å². The van der Waals surface area contributed by atoms with Crippen molar-refractivity contribution in [1.29, 1.82) is 0 Å². The van der Waals surface area contributed by atoms with Crippen molar-refractivity contribution in [2.75, 3.05) is 12.0 Å². The molecule has 0 aliphatic rings. The van der Waals surface area contributed by atoms with Gasteiger partial charge in [0.05, 0.1) is 5.69 Å². The summed E-state index contributed by atoms with van der Waals surface area (Å²) in [5.74, 6) is 2.01. The molecule has 0 aliphatic carbocycles. The first-order valence-corrected chi connectivity index (χ1v) is 6.05. The van der Waals surface area contributed by atoms with Crippen LogP contribution < -0.4 is 5.73 Å². The van der Waals surface area contributed by atoms with Gasteiger partial charge in [0.25, 0.3) is 0 Å². The van der Waals surface area contributed by atoms with Crippen molar-refractivity contribution in [3.8, 4) is 5.82 Å². The molecule has 2 aromatic rings. The minimum Gasteiger partial charge on any atom is -0.384 e. The van der Waals surface area contributed by atoms with Crippen LogP contribution >= 0.6 is 11.8 Å². The Labute approximate surface area is 98.1 Å². The maximum atomic E-state index is 5.85. The van der Waals surface area contributed by atoms with E-state index in [1.807, 2.05) is 32.2 Å². The molecule has 2 rings (SSSR count). The maximum Gasteiger partial charge on any atom is 0.160 e. The number of thioether (sulfide) groups is 1. The van der Waals surface area contributed by atoms with E-state index in [2.05, 4.69) is 15.1 Å². The van der Waals surface area contributed by atoms with Gasteiger partial charge in [0, 0.05) is 12.1 Å². The lowest BCUT2D eigenvalue weighted by atomic mass is 10.5. The van der Waals surface area contributed by atoms with Crippen LogP contribution in [0.3, 0.4) is 0 Å². The number of nitrogens with zero attached hydrogens (tertiary/aromatic N) is 4. The van der Waals surface area contributed by atoms with Crippen molar-refractivity contribution in [3.63, 3.8) is 0 Å². The predicted molar refractivity (Wildman–Crippen MR) is 64.8 cm³/mol. The van der Waals surface area contributed by atoms with E-state index in [1.54, 1.807) is 16.4 Å². The van der Waals surface area contributed by atoms with Crippen molar-refractivity contribution < 1.29 is 0 Å². The van der Waals surface area contributed by atoms with Gasteiger partial charge in [-0.2, -0.15) is 9.78 Å². The average molecular weight is 235 g/mol. The van der Waals surface area contributed by atoms with Gasteiger partial charge in [0.15, 0.2) is 5.82 Å². The van der Waals surface area contributed by atoms with Crippen LogP contribution in [0.4, 0.5) is 5.82 Å². The molecule has 84 valence electrons. The molecule has 0 aliphatic heterocycles. The summed E-state index contributed by atoms with van der Waals surface area (Å²) in [6, 6.07) is 3.69. The highest BCUT2D eigenvalue weighted by atomic mass is 32.2. The molecule has 5 nitrogen and oxygen atoms in total. The Kier molecular flexibility index (Phi) is 2.82. The van der Waals surface area contributed by atoms with E-state index in [0.717, 1.165) is 16.5 Å². The zero-order chi connectivity index (χ0) is 11.7. The van der Waals surface area contributed by atoms with E-state index in [0.29, 0.717) is 11.6 Å². The highest BCUT2D eigenvalue weighted by Crippen LogP contribution is 2.17. The van der Waals surface area contributed by atoms with Crippen molar-refractivity contribution in [2.24, 2.45) is 0 Å². The van der Waals surface area contributed by atoms with E-state index in [4.69, 9.17) is 5.73 Å². The number of rotatable bonds is 2. The first kappa shape index (κ1) is 10.9. The second-order valence-corrected chi connectivity index (χ2v) is 4.26. The molecule has 16 heavy (non-hydrogen) atoms. The lowest BCUT2D eigenvalue weighted by Gasteiger charge is -2.05. The molecule has 0 radical (unpaired) electrons. The first-order valence-electron chi connectivity index (χ1n) is 4.82.